The first kappa shape index (κ1) is 14.5. The lowest BCUT2D eigenvalue weighted by molar-refractivity contribution is 0.396. The third-order valence-corrected chi connectivity index (χ3v) is 5.57. The molecular formula is C15H23NO2S. The number of rotatable bonds is 5. The molecular weight excluding hydrogens is 258 g/mol. The summed E-state index contributed by atoms with van der Waals surface area (Å²) in [5, 5.41) is 0. The van der Waals surface area contributed by atoms with Crippen molar-refractivity contribution in [2.24, 2.45) is 0 Å². The average Bonchev–Trinajstić information content (AvgIpc) is 2.52. The summed E-state index contributed by atoms with van der Waals surface area (Å²) < 4.78 is 26.2. The summed E-state index contributed by atoms with van der Waals surface area (Å²) in [6.07, 6.45) is 5.09. The first-order valence-electron chi connectivity index (χ1n) is 7.18. The standard InChI is InChI=1S/C15H23NO2S/c1-2-3-4-7-11-16-13-15-9-6-5-8-14(15)10-12-19(16,17)18/h5-6,8-9H,2-4,7,10-13H2,1H3. The van der Waals surface area contributed by atoms with Crippen LogP contribution in [0.25, 0.3) is 0 Å². The van der Waals surface area contributed by atoms with Crippen LogP contribution in [0.2, 0.25) is 0 Å². The molecule has 19 heavy (non-hydrogen) atoms. The van der Waals surface area contributed by atoms with Crippen LogP contribution in [0.4, 0.5) is 0 Å². The second-order valence-corrected chi connectivity index (χ2v) is 7.32. The zero-order valence-electron chi connectivity index (χ0n) is 11.6. The minimum atomic E-state index is -3.08. The van der Waals surface area contributed by atoms with Gasteiger partial charge in [-0.05, 0) is 24.0 Å². The molecule has 0 amide bonds. The molecule has 0 aliphatic carbocycles. The van der Waals surface area contributed by atoms with E-state index in [0.717, 1.165) is 12.8 Å². The van der Waals surface area contributed by atoms with Crippen molar-refractivity contribution in [3.8, 4) is 0 Å². The van der Waals surface area contributed by atoms with Crippen LogP contribution in [-0.4, -0.2) is 25.0 Å². The molecule has 0 aromatic heterocycles. The predicted octanol–water partition coefficient (Wildman–Crippen LogP) is 2.95. The Hall–Kier alpha value is -0.870. The maximum absolute atomic E-state index is 12.3. The van der Waals surface area contributed by atoms with Gasteiger partial charge in [-0.3, -0.25) is 0 Å². The lowest BCUT2D eigenvalue weighted by atomic mass is 10.1. The molecule has 0 spiro atoms. The fourth-order valence-electron chi connectivity index (χ4n) is 2.55. The van der Waals surface area contributed by atoms with E-state index in [1.54, 1.807) is 4.31 Å². The SMILES string of the molecule is CCCCCCN1Cc2ccccc2CCS1(=O)=O. The Labute approximate surface area is 116 Å². The van der Waals surface area contributed by atoms with Crippen molar-refractivity contribution < 1.29 is 8.42 Å². The van der Waals surface area contributed by atoms with Gasteiger partial charge in [-0.15, -0.1) is 0 Å². The Morgan fingerprint density at radius 3 is 2.58 bits per heavy atom. The summed E-state index contributed by atoms with van der Waals surface area (Å²) in [5.41, 5.74) is 2.35. The van der Waals surface area contributed by atoms with Crippen molar-refractivity contribution in [3.63, 3.8) is 0 Å². The van der Waals surface area contributed by atoms with E-state index in [2.05, 4.69) is 13.0 Å². The first-order chi connectivity index (χ1) is 9.13. The minimum absolute atomic E-state index is 0.248. The summed E-state index contributed by atoms with van der Waals surface area (Å²) in [5.74, 6) is 0.248. The van der Waals surface area contributed by atoms with Crippen LogP contribution in [0, 0.1) is 0 Å². The van der Waals surface area contributed by atoms with Gasteiger partial charge >= 0.3 is 0 Å². The van der Waals surface area contributed by atoms with Gasteiger partial charge in [0.2, 0.25) is 10.0 Å². The number of fused-ring (bicyclic) bond motifs is 1. The smallest absolute Gasteiger partial charge is 0.212 e. The first-order valence-corrected chi connectivity index (χ1v) is 8.79. The molecule has 0 radical (unpaired) electrons. The molecule has 0 unspecified atom stereocenters. The molecule has 2 rings (SSSR count). The summed E-state index contributed by atoms with van der Waals surface area (Å²) in [6.45, 7) is 3.38. The van der Waals surface area contributed by atoms with Crippen molar-refractivity contribution >= 4 is 10.0 Å². The van der Waals surface area contributed by atoms with E-state index < -0.39 is 10.0 Å². The van der Waals surface area contributed by atoms with Crippen molar-refractivity contribution in [2.45, 2.75) is 45.6 Å². The number of hydrogen-bond acceptors (Lipinski definition) is 2. The van der Waals surface area contributed by atoms with E-state index in [1.165, 1.54) is 24.0 Å². The van der Waals surface area contributed by atoms with Crippen LogP contribution in [0.1, 0.15) is 43.7 Å². The fraction of sp³-hybridized carbons (Fsp3) is 0.600. The monoisotopic (exact) mass is 281 g/mol. The van der Waals surface area contributed by atoms with Gasteiger partial charge in [0.1, 0.15) is 0 Å². The highest BCUT2D eigenvalue weighted by Gasteiger charge is 2.26. The van der Waals surface area contributed by atoms with E-state index in [9.17, 15) is 8.42 Å². The molecule has 0 saturated heterocycles. The Morgan fingerprint density at radius 2 is 1.84 bits per heavy atom. The number of aryl methyl sites for hydroxylation is 1. The Balaban J connectivity index is 2.08. The Bertz CT molecular complexity index is 511. The second kappa shape index (κ2) is 6.53. The van der Waals surface area contributed by atoms with Crippen LogP contribution in [-0.2, 0) is 23.0 Å². The van der Waals surface area contributed by atoms with Gasteiger partial charge in [0.15, 0.2) is 0 Å². The maximum atomic E-state index is 12.3. The molecule has 0 N–H and O–H groups in total. The van der Waals surface area contributed by atoms with Crippen LogP contribution >= 0.6 is 0 Å². The van der Waals surface area contributed by atoms with E-state index in [1.807, 2.05) is 18.2 Å². The molecule has 4 heteroatoms. The molecule has 0 saturated carbocycles. The van der Waals surface area contributed by atoms with Gasteiger partial charge < -0.3 is 0 Å². The highest BCUT2D eigenvalue weighted by atomic mass is 32.2. The quantitative estimate of drug-likeness (QED) is 0.778. The van der Waals surface area contributed by atoms with Crippen molar-refractivity contribution in [1.29, 1.82) is 0 Å². The summed E-state index contributed by atoms with van der Waals surface area (Å²) >= 11 is 0. The molecule has 1 aliphatic rings. The van der Waals surface area contributed by atoms with Gasteiger partial charge in [-0.25, -0.2) is 8.42 Å². The normalized spacial score (nSPS) is 18.8. The molecule has 0 atom stereocenters. The molecule has 106 valence electrons. The molecule has 1 aliphatic heterocycles. The molecule has 1 aromatic rings. The van der Waals surface area contributed by atoms with Crippen molar-refractivity contribution in [3.05, 3.63) is 35.4 Å². The second-order valence-electron chi connectivity index (χ2n) is 5.23. The zero-order valence-corrected chi connectivity index (χ0v) is 12.5. The van der Waals surface area contributed by atoms with E-state index in [-0.39, 0.29) is 5.75 Å². The number of nitrogens with zero attached hydrogens (tertiary/aromatic N) is 1. The average molecular weight is 281 g/mol. The van der Waals surface area contributed by atoms with E-state index >= 15 is 0 Å². The summed E-state index contributed by atoms with van der Waals surface area (Å²) in [7, 11) is -3.08. The number of benzene rings is 1. The molecule has 1 heterocycles. The van der Waals surface area contributed by atoms with Crippen LogP contribution < -0.4 is 0 Å². The van der Waals surface area contributed by atoms with Crippen LogP contribution in [0.5, 0.6) is 0 Å². The van der Waals surface area contributed by atoms with Gasteiger partial charge in [0.05, 0.1) is 5.75 Å². The van der Waals surface area contributed by atoms with Gasteiger partial charge in [-0.1, -0.05) is 50.5 Å². The Morgan fingerprint density at radius 1 is 1.11 bits per heavy atom. The van der Waals surface area contributed by atoms with Gasteiger partial charge in [0, 0.05) is 13.1 Å². The zero-order chi connectivity index (χ0) is 13.7. The van der Waals surface area contributed by atoms with Crippen molar-refractivity contribution in [1.82, 2.24) is 4.31 Å². The van der Waals surface area contributed by atoms with E-state index in [4.69, 9.17) is 0 Å². The third-order valence-electron chi connectivity index (χ3n) is 3.75. The molecule has 3 nitrogen and oxygen atoms in total. The largest absolute Gasteiger partial charge is 0.214 e. The summed E-state index contributed by atoms with van der Waals surface area (Å²) in [4.78, 5) is 0. The minimum Gasteiger partial charge on any atom is -0.212 e. The molecule has 0 bridgehead atoms. The lowest BCUT2D eigenvalue weighted by Gasteiger charge is -2.20. The topological polar surface area (TPSA) is 37.4 Å². The molecule has 0 fully saturated rings. The van der Waals surface area contributed by atoms with E-state index in [0.29, 0.717) is 19.5 Å². The number of hydrogen-bond donors (Lipinski definition) is 0. The predicted molar refractivity (Wildman–Crippen MR) is 78.5 cm³/mol. The van der Waals surface area contributed by atoms with Gasteiger partial charge in [0.25, 0.3) is 0 Å². The highest BCUT2D eigenvalue weighted by molar-refractivity contribution is 7.89. The van der Waals surface area contributed by atoms with Crippen LogP contribution in [0.3, 0.4) is 0 Å². The Kier molecular flexibility index (Phi) is 4.99. The number of sulfonamides is 1. The lowest BCUT2D eigenvalue weighted by Crippen LogP contribution is -2.32. The highest BCUT2D eigenvalue weighted by Crippen LogP contribution is 2.21. The van der Waals surface area contributed by atoms with Gasteiger partial charge in [-0.2, -0.15) is 4.31 Å². The van der Waals surface area contributed by atoms with Crippen molar-refractivity contribution in [2.75, 3.05) is 12.3 Å². The van der Waals surface area contributed by atoms with Crippen LogP contribution in [0.15, 0.2) is 24.3 Å². The maximum Gasteiger partial charge on any atom is 0.214 e. The molecule has 1 aromatic carbocycles. The number of unbranched alkanes of at least 4 members (excludes halogenated alkanes) is 3. The fourth-order valence-corrected chi connectivity index (χ4v) is 4.02. The summed E-state index contributed by atoms with van der Waals surface area (Å²) in [6, 6.07) is 8.08. The third kappa shape index (κ3) is 3.80.